The van der Waals surface area contributed by atoms with E-state index in [2.05, 4.69) is 111 Å². The van der Waals surface area contributed by atoms with Crippen LogP contribution in [0.1, 0.15) is 77.6 Å². The van der Waals surface area contributed by atoms with Crippen LogP contribution in [0.3, 0.4) is 0 Å². The number of methoxy groups -OCH3 is 1. The number of imidazole rings is 2. The number of aromatic nitrogens is 4. The largest absolute Gasteiger partial charge is 0.453 e. The summed E-state index contributed by atoms with van der Waals surface area (Å²) in [6.07, 6.45) is 4.92. The molecule has 0 aliphatic carbocycles. The number of carbonyl (C=O) groups excluding carboxylic acids is 3. The third-order valence-corrected chi connectivity index (χ3v) is 9.93. The lowest BCUT2D eigenvalue weighted by molar-refractivity contribution is -0.137. The van der Waals surface area contributed by atoms with E-state index in [-0.39, 0.29) is 37.4 Å². The number of nitrogens with one attached hydrogen (secondary N) is 3. The van der Waals surface area contributed by atoms with Crippen LogP contribution in [0, 0.1) is 17.2 Å². The molecule has 2 aromatic heterocycles. The van der Waals surface area contributed by atoms with Crippen molar-refractivity contribution in [3.8, 4) is 39.7 Å². The summed E-state index contributed by atoms with van der Waals surface area (Å²) in [4.78, 5) is 59.3. The summed E-state index contributed by atoms with van der Waals surface area (Å²) in [5, 5.41) is 14.2. The highest BCUT2D eigenvalue weighted by molar-refractivity contribution is 5.90. The normalized spacial score (nSPS) is 11.6. The second kappa shape index (κ2) is 24.6. The standard InChI is InChI=1S/C45H49N9O4.C3H8.C2H6/c1-6-20-53(42(55)26-49-45(57)58-5)28-40-48-25-39(51-40)37-19-18-35-21-34(16-17-36(35)22-37)31-12-14-32(15-13-31)38-24-47-41(50-38)29-54(27-30(2)23-46)44(56)43(52(3)4)33-10-8-7-9-11-33;1-3-2;1-2/h7-19,21-22,24-25,30,43H,6,20,26-29H2,1-5H3,(H,47,50)(H,48,51)(H,49,57);3H2,1-2H3;1-2H3. The Hall–Kier alpha value is -6.78. The molecule has 2 atom stereocenters. The third kappa shape index (κ3) is 13.6. The van der Waals surface area contributed by atoms with Gasteiger partial charge in [-0.3, -0.25) is 14.5 Å². The number of benzene rings is 4. The maximum atomic E-state index is 14.0. The van der Waals surface area contributed by atoms with Gasteiger partial charge in [0.25, 0.3) is 0 Å². The van der Waals surface area contributed by atoms with Crippen molar-refractivity contribution >= 4 is 28.7 Å². The van der Waals surface area contributed by atoms with Gasteiger partial charge in [-0.05, 0) is 72.6 Å². The van der Waals surface area contributed by atoms with E-state index in [9.17, 15) is 19.6 Å². The number of carbonyl (C=O) groups is 3. The molecule has 2 heterocycles. The second-order valence-corrected chi connectivity index (χ2v) is 15.2. The monoisotopic (exact) mass is 854 g/mol. The molecule has 63 heavy (non-hydrogen) atoms. The second-order valence-electron chi connectivity index (χ2n) is 15.2. The van der Waals surface area contributed by atoms with Gasteiger partial charge in [0.2, 0.25) is 11.8 Å². The average molecular weight is 854 g/mol. The fourth-order valence-electron chi connectivity index (χ4n) is 6.94. The van der Waals surface area contributed by atoms with Gasteiger partial charge in [0, 0.05) is 18.7 Å². The van der Waals surface area contributed by atoms with Crippen molar-refractivity contribution in [1.82, 2.24) is 40.0 Å². The summed E-state index contributed by atoms with van der Waals surface area (Å²) in [7, 11) is 5.03. The van der Waals surface area contributed by atoms with E-state index in [1.165, 1.54) is 13.5 Å². The number of alkyl carbamates (subject to hydrolysis) is 1. The molecule has 13 heteroatoms. The Labute approximate surface area is 372 Å². The molecule has 3 amide bonds. The third-order valence-electron chi connectivity index (χ3n) is 9.93. The minimum absolute atomic E-state index is 0.0878. The number of hydrogen-bond donors (Lipinski definition) is 3. The number of nitriles is 1. The highest BCUT2D eigenvalue weighted by Crippen LogP contribution is 2.30. The zero-order valence-electron chi connectivity index (χ0n) is 38.2. The number of likely N-dealkylation sites (N-methyl/N-ethyl adjacent to an activating group) is 1. The molecule has 0 saturated carbocycles. The summed E-state index contributed by atoms with van der Waals surface area (Å²) in [5.74, 6) is 0.644. The van der Waals surface area contributed by atoms with E-state index in [1.54, 1.807) is 22.2 Å². The molecule has 0 spiro atoms. The summed E-state index contributed by atoms with van der Waals surface area (Å²) in [6.45, 7) is 13.3. The van der Waals surface area contributed by atoms with Gasteiger partial charge in [-0.25, -0.2) is 14.8 Å². The Morgan fingerprint density at radius 2 is 1.29 bits per heavy atom. The molecule has 13 nitrogen and oxygen atoms in total. The van der Waals surface area contributed by atoms with Crippen LogP contribution in [0.5, 0.6) is 0 Å². The van der Waals surface area contributed by atoms with Crippen LogP contribution >= 0.6 is 0 Å². The van der Waals surface area contributed by atoms with Crippen molar-refractivity contribution in [3.05, 3.63) is 121 Å². The lowest BCUT2D eigenvalue weighted by Gasteiger charge is -2.31. The van der Waals surface area contributed by atoms with Crippen molar-refractivity contribution in [2.24, 2.45) is 5.92 Å². The maximum Gasteiger partial charge on any atom is 0.407 e. The molecule has 0 fully saturated rings. The smallest absolute Gasteiger partial charge is 0.407 e. The fourth-order valence-corrected chi connectivity index (χ4v) is 6.94. The molecule has 0 radical (unpaired) electrons. The molecule has 6 rings (SSSR count). The Balaban J connectivity index is 0.00000167. The fraction of sp³-hybridized carbons (Fsp3) is 0.360. The lowest BCUT2D eigenvalue weighted by atomic mass is 9.98. The minimum Gasteiger partial charge on any atom is -0.453 e. The first-order valence-electron chi connectivity index (χ1n) is 21.7. The average Bonchev–Trinajstić information content (AvgIpc) is 3.99. The molecule has 2 unspecified atom stereocenters. The van der Waals surface area contributed by atoms with Crippen LogP contribution in [-0.2, 0) is 27.4 Å². The first-order valence-corrected chi connectivity index (χ1v) is 21.7. The van der Waals surface area contributed by atoms with E-state index >= 15 is 0 Å². The molecule has 3 N–H and O–H groups in total. The van der Waals surface area contributed by atoms with Gasteiger partial charge in [0.15, 0.2) is 0 Å². The molecular weight excluding hydrogens is 791 g/mol. The van der Waals surface area contributed by atoms with Crippen LogP contribution in [0.15, 0.2) is 103 Å². The highest BCUT2D eigenvalue weighted by atomic mass is 16.5. The molecule has 0 aliphatic heterocycles. The predicted octanol–water partition coefficient (Wildman–Crippen LogP) is 9.62. The number of fused-ring (bicyclic) bond motifs is 1. The van der Waals surface area contributed by atoms with Crippen molar-refractivity contribution in [2.75, 3.05) is 40.8 Å². The number of amides is 3. The number of nitrogens with zero attached hydrogens (tertiary/aromatic N) is 6. The SMILES string of the molecule is CC.CCC.CCCN(Cc1ncc(-c2ccc3cc(-c4ccc(-c5cnc(CN(CC(C)C#N)C(=O)C(c6ccccc6)N(C)C)[nH]5)cc4)ccc3c2)[nH]1)C(=O)CNC(=O)OC. The molecule has 6 aromatic rings. The Bertz CT molecular complexity index is 2400. The number of hydrogen-bond acceptors (Lipinski definition) is 8. The molecule has 0 bridgehead atoms. The number of H-pyrrole nitrogens is 2. The van der Waals surface area contributed by atoms with Gasteiger partial charge in [-0.1, -0.05) is 120 Å². The molecule has 332 valence electrons. The Kier molecular flexibility index (Phi) is 19.1. The lowest BCUT2D eigenvalue weighted by Crippen LogP contribution is -2.42. The van der Waals surface area contributed by atoms with Gasteiger partial charge in [-0.15, -0.1) is 0 Å². The molecule has 0 aliphatic rings. The summed E-state index contributed by atoms with van der Waals surface area (Å²) >= 11 is 0. The summed E-state index contributed by atoms with van der Waals surface area (Å²) in [5.41, 5.74) is 6.66. The first kappa shape index (κ1) is 48.9. The number of aromatic amines is 2. The van der Waals surface area contributed by atoms with Crippen LogP contribution in [0.4, 0.5) is 4.79 Å². The highest BCUT2D eigenvalue weighted by Gasteiger charge is 2.29. The van der Waals surface area contributed by atoms with Crippen LogP contribution in [-0.4, -0.2) is 93.4 Å². The van der Waals surface area contributed by atoms with Crippen molar-refractivity contribution in [3.63, 3.8) is 0 Å². The van der Waals surface area contributed by atoms with E-state index in [0.717, 1.165) is 56.4 Å². The van der Waals surface area contributed by atoms with Crippen LogP contribution in [0.25, 0.3) is 44.4 Å². The van der Waals surface area contributed by atoms with Crippen molar-refractivity contribution in [1.29, 1.82) is 5.26 Å². The van der Waals surface area contributed by atoms with E-state index in [1.807, 2.05) is 77.0 Å². The molecule has 4 aromatic carbocycles. The number of rotatable bonds is 16. The topological polar surface area (TPSA) is 163 Å². The summed E-state index contributed by atoms with van der Waals surface area (Å²) < 4.78 is 4.57. The summed E-state index contributed by atoms with van der Waals surface area (Å²) in [6, 6.07) is 32.4. The number of ether oxygens (including phenoxy) is 1. The molecule has 0 saturated heterocycles. The first-order chi connectivity index (χ1) is 30.5. The van der Waals surface area contributed by atoms with Gasteiger partial charge in [0.05, 0.1) is 56.0 Å². The van der Waals surface area contributed by atoms with Crippen molar-refractivity contribution < 1.29 is 19.1 Å². The van der Waals surface area contributed by atoms with Gasteiger partial charge in [-0.2, -0.15) is 5.26 Å². The van der Waals surface area contributed by atoms with Gasteiger partial charge in [0.1, 0.15) is 24.2 Å². The van der Waals surface area contributed by atoms with Gasteiger partial charge < -0.3 is 29.8 Å². The van der Waals surface area contributed by atoms with Crippen LogP contribution in [0.2, 0.25) is 0 Å². The van der Waals surface area contributed by atoms with E-state index < -0.39 is 12.1 Å². The van der Waals surface area contributed by atoms with Crippen LogP contribution < -0.4 is 5.32 Å². The Morgan fingerprint density at radius 1 is 0.762 bits per heavy atom. The maximum absolute atomic E-state index is 14.0. The zero-order chi connectivity index (χ0) is 45.9. The zero-order valence-corrected chi connectivity index (χ0v) is 38.2. The van der Waals surface area contributed by atoms with Crippen molar-refractivity contribution in [2.45, 2.75) is 73.5 Å². The predicted molar refractivity (Wildman–Crippen MR) is 251 cm³/mol. The van der Waals surface area contributed by atoms with Gasteiger partial charge >= 0.3 is 6.09 Å². The molecular formula is C50H63N9O4. The quantitative estimate of drug-likeness (QED) is 0.0867. The van der Waals surface area contributed by atoms with E-state index in [0.29, 0.717) is 24.7 Å². The minimum atomic E-state index is -0.649. The Morgan fingerprint density at radius 3 is 1.84 bits per heavy atom. The van der Waals surface area contributed by atoms with E-state index in [4.69, 9.17) is 0 Å².